The monoisotopic (exact) mass is 449 g/mol. The summed E-state index contributed by atoms with van der Waals surface area (Å²) in [5, 5.41) is 2.13. The maximum Gasteiger partial charge on any atom is 0.227 e. The van der Waals surface area contributed by atoms with Crippen molar-refractivity contribution >= 4 is 32.9 Å². The maximum atomic E-state index is 6.12. The van der Waals surface area contributed by atoms with Gasteiger partial charge in [0.1, 0.15) is 5.52 Å². The summed E-state index contributed by atoms with van der Waals surface area (Å²) in [6.45, 7) is 0. The average Bonchev–Trinajstić information content (AvgIpc) is 3.38. The fourth-order valence-electron chi connectivity index (χ4n) is 4.56. The van der Waals surface area contributed by atoms with Crippen molar-refractivity contribution in [1.29, 1.82) is 0 Å². The number of hydrogen-bond acceptors (Lipinski definition) is 4. The normalized spacial score (nSPS) is 11.4. The van der Waals surface area contributed by atoms with Crippen molar-refractivity contribution in [3.05, 3.63) is 115 Å². The van der Waals surface area contributed by atoms with Crippen LogP contribution in [0, 0.1) is 0 Å². The molecule has 2 aromatic heterocycles. The van der Waals surface area contributed by atoms with Gasteiger partial charge in [-0.1, -0.05) is 78.9 Å². The molecule has 0 aliphatic rings. The van der Waals surface area contributed by atoms with Gasteiger partial charge in [0.25, 0.3) is 0 Å². The van der Waals surface area contributed by atoms with Crippen molar-refractivity contribution in [3.8, 4) is 34.0 Å². The van der Waals surface area contributed by atoms with E-state index < -0.39 is 0 Å². The first-order valence-corrected chi connectivity index (χ1v) is 11.5. The number of fused-ring (bicyclic) bond motifs is 4. The van der Waals surface area contributed by atoms with E-state index in [-0.39, 0.29) is 0 Å². The third-order valence-corrected chi connectivity index (χ3v) is 6.29. The molecule has 0 saturated carbocycles. The van der Waals surface area contributed by atoms with Gasteiger partial charge in [0.2, 0.25) is 5.89 Å². The van der Waals surface area contributed by atoms with Gasteiger partial charge in [0.05, 0.1) is 22.4 Å². The minimum absolute atomic E-state index is 0.619. The Labute approximate surface area is 201 Å². The fourth-order valence-corrected chi connectivity index (χ4v) is 4.56. The lowest BCUT2D eigenvalue weighted by Crippen LogP contribution is -1.95. The number of nitrogens with zero attached hydrogens (tertiary/aromatic N) is 3. The summed E-state index contributed by atoms with van der Waals surface area (Å²) in [7, 11) is 0. The van der Waals surface area contributed by atoms with Crippen molar-refractivity contribution < 1.29 is 4.42 Å². The third kappa shape index (κ3) is 3.35. The van der Waals surface area contributed by atoms with Crippen LogP contribution in [0.4, 0.5) is 0 Å². The van der Waals surface area contributed by atoms with Crippen LogP contribution in [0.5, 0.6) is 0 Å². The molecule has 4 heteroatoms. The second kappa shape index (κ2) is 7.89. The molecule has 0 radical (unpaired) electrons. The van der Waals surface area contributed by atoms with Crippen LogP contribution in [0.15, 0.2) is 120 Å². The topological polar surface area (TPSA) is 51.8 Å². The van der Waals surface area contributed by atoms with Crippen molar-refractivity contribution in [2.45, 2.75) is 0 Å². The molecule has 0 atom stereocenters. The van der Waals surface area contributed by atoms with Crippen LogP contribution < -0.4 is 0 Å². The van der Waals surface area contributed by atoms with E-state index in [1.807, 2.05) is 78.9 Å². The second-order valence-electron chi connectivity index (χ2n) is 8.51. The van der Waals surface area contributed by atoms with Crippen molar-refractivity contribution in [2.75, 3.05) is 0 Å². The molecule has 164 valence electrons. The molecule has 0 spiro atoms. The molecule has 7 aromatic rings. The fraction of sp³-hybridized carbons (Fsp3) is 0. The lowest BCUT2D eigenvalue weighted by Gasteiger charge is -2.11. The summed E-state index contributed by atoms with van der Waals surface area (Å²) < 4.78 is 6.12. The van der Waals surface area contributed by atoms with Crippen LogP contribution in [-0.2, 0) is 0 Å². The zero-order valence-electron chi connectivity index (χ0n) is 18.7. The molecule has 7 rings (SSSR count). The number of para-hydroxylation sites is 2. The van der Waals surface area contributed by atoms with Crippen molar-refractivity contribution in [1.82, 2.24) is 15.0 Å². The summed E-state index contributed by atoms with van der Waals surface area (Å²) >= 11 is 0. The Morgan fingerprint density at radius 1 is 0.486 bits per heavy atom. The number of aromatic nitrogens is 3. The smallest absolute Gasteiger partial charge is 0.227 e. The number of benzene rings is 5. The van der Waals surface area contributed by atoms with Gasteiger partial charge in [-0.15, -0.1) is 0 Å². The van der Waals surface area contributed by atoms with Gasteiger partial charge in [-0.2, -0.15) is 0 Å². The molecule has 0 amide bonds. The first-order chi connectivity index (χ1) is 17.3. The summed E-state index contributed by atoms with van der Waals surface area (Å²) in [6.07, 6.45) is 0. The Hall–Kier alpha value is -4.83. The van der Waals surface area contributed by atoms with Crippen LogP contribution >= 0.6 is 0 Å². The van der Waals surface area contributed by atoms with Crippen LogP contribution in [0.2, 0.25) is 0 Å². The molecule has 0 bridgehead atoms. The zero-order valence-corrected chi connectivity index (χ0v) is 18.7. The maximum absolute atomic E-state index is 6.12. The van der Waals surface area contributed by atoms with Crippen LogP contribution in [0.1, 0.15) is 0 Å². The average molecular weight is 450 g/mol. The van der Waals surface area contributed by atoms with Gasteiger partial charge >= 0.3 is 0 Å². The van der Waals surface area contributed by atoms with Gasteiger partial charge in [0.15, 0.2) is 5.58 Å². The highest BCUT2D eigenvalue weighted by atomic mass is 16.3. The van der Waals surface area contributed by atoms with Crippen LogP contribution in [-0.4, -0.2) is 15.0 Å². The van der Waals surface area contributed by atoms with E-state index in [0.717, 1.165) is 61.0 Å². The van der Waals surface area contributed by atoms with Crippen molar-refractivity contribution in [3.63, 3.8) is 0 Å². The minimum atomic E-state index is 0.619. The molecule has 4 nitrogen and oxygen atoms in total. The Kier molecular flexibility index (Phi) is 4.42. The molecule has 0 unspecified atom stereocenters. The highest BCUT2D eigenvalue weighted by molar-refractivity contribution is 6.06. The quantitative estimate of drug-likeness (QED) is 0.275. The molecule has 2 heterocycles. The van der Waals surface area contributed by atoms with Gasteiger partial charge in [-0.25, -0.2) is 15.0 Å². The van der Waals surface area contributed by atoms with Gasteiger partial charge < -0.3 is 4.42 Å². The predicted octanol–water partition coefficient (Wildman–Crippen LogP) is 7.93. The van der Waals surface area contributed by atoms with E-state index in [0.29, 0.717) is 5.89 Å². The first kappa shape index (κ1) is 19.6. The zero-order chi connectivity index (χ0) is 23.2. The molecule has 0 N–H and O–H groups in total. The second-order valence-corrected chi connectivity index (χ2v) is 8.51. The van der Waals surface area contributed by atoms with Crippen molar-refractivity contribution in [2.24, 2.45) is 0 Å². The molecule has 35 heavy (non-hydrogen) atoms. The van der Waals surface area contributed by atoms with E-state index in [4.69, 9.17) is 19.4 Å². The van der Waals surface area contributed by atoms with E-state index in [1.165, 1.54) is 0 Å². The molecule has 0 fully saturated rings. The standard InChI is InChI=1S/C31H19N3O/c1-3-9-21(10-4-1)28-29(33-26-14-8-7-13-25(26)32-28)23-16-15-20-17-18-27-30(24(20)19-23)34-31(35-27)22-11-5-2-6-12-22/h1-19H. The third-order valence-electron chi connectivity index (χ3n) is 6.29. The molecule has 0 aliphatic heterocycles. The number of rotatable bonds is 3. The molecule has 0 aliphatic carbocycles. The molecular weight excluding hydrogens is 430 g/mol. The van der Waals surface area contributed by atoms with Gasteiger partial charge in [-0.3, -0.25) is 0 Å². The first-order valence-electron chi connectivity index (χ1n) is 11.5. The summed E-state index contributed by atoms with van der Waals surface area (Å²) in [5.41, 5.74) is 8.05. The summed E-state index contributed by atoms with van der Waals surface area (Å²) in [5.74, 6) is 0.619. The van der Waals surface area contributed by atoms with E-state index in [1.54, 1.807) is 0 Å². The Bertz CT molecular complexity index is 1840. The number of hydrogen-bond donors (Lipinski definition) is 0. The van der Waals surface area contributed by atoms with Gasteiger partial charge in [0, 0.05) is 22.1 Å². The summed E-state index contributed by atoms with van der Waals surface area (Å²) in [6, 6.07) is 38.6. The minimum Gasteiger partial charge on any atom is -0.436 e. The van der Waals surface area contributed by atoms with Crippen LogP contribution in [0.3, 0.4) is 0 Å². The largest absolute Gasteiger partial charge is 0.436 e. The van der Waals surface area contributed by atoms with Crippen LogP contribution in [0.25, 0.3) is 66.9 Å². The predicted molar refractivity (Wildman–Crippen MR) is 141 cm³/mol. The van der Waals surface area contributed by atoms with E-state index >= 15 is 0 Å². The molecular formula is C31H19N3O. The lowest BCUT2D eigenvalue weighted by molar-refractivity contribution is 0.620. The lowest BCUT2D eigenvalue weighted by atomic mass is 10.00. The highest BCUT2D eigenvalue weighted by Crippen LogP contribution is 2.35. The van der Waals surface area contributed by atoms with E-state index in [9.17, 15) is 0 Å². The highest BCUT2D eigenvalue weighted by Gasteiger charge is 2.16. The summed E-state index contributed by atoms with van der Waals surface area (Å²) in [4.78, 5) is 14.9. The Morgan fingerprint density at radius 2 is 1.09 bits per heavy atom. The molecule has 0 saturated heterocycles. The SMILES string of the molecule is c1ccc(-c2nc3c(ccc4ccc(-c5nc6ccccc6nc5-c5ccccc5)cc43)o2)cc1. The Balaban J connectivity index is 1.48. The number of oxazole rings is 1. The van der Waals surface area contributed by atoms with E-state index in [2.05, 4.69) is 36.4 Å². The molecule has 5 aromatic carbocycles. The Morgan fingerprint density at radius 3 is 1.80 bits per heavy atom. The van der Waals surface area contributed by atoms with Gasteiger partial charge in [-0.05, 0) is 41.8 Å².